The van der Waals surface area contributed by atoms with Crippen LogP contribution in [0.5, 0.6) is 0 Å². The molecule has 0 bridgehead atoms. The molecule has 146 valence electrons. The van der Waals surface area contributed by atoms with Crippen LogP contribution in [-0.4, -0.2) is 21.9 Å². The Morgan fingerprint density at radius 3 is 2.68 bits per heavy atom. The van der Waals surface area contributed by atoms with Crippen LogP contribution in [0, 0.1) is 11.6 Å². The highest BCUT2D eigenvalue weighted by Crippen LogP contribution is 2.41. The summed E-state index contributed by atoms with van der Waals surface area (Å²) in [5.74, 6) is -2.26. The van der Waals surface area contributed by atoms with E-state index >= 15 is 0 Å². The highest BCUT2D eigenvalue weighted by molar-refractivity contribution is 7.98. The SMILES string of the molecule is CSc1ccc(Cn2c3c(c4cc(F)cc(F)c42)CCCC3CC(=O)O)cc1. The quantitative estimate of drug-likeness (QED) is 0.567. The van der Waals surface area contributed by atoms with E-state index in [-0.39, 0.29) is 12.3 Å². The van der Waals surface area contributed by atoms with Gasteiger partial charge in [-0.15, -0.1) is 11.8 Å². The van der Waals surface area contributed by atoms with Crippen molar-refractivity contribution in [3.8, 4) is 0 Å². The van der Waals surface area contributed by atoms with Crippen molar-refractivity contribution in [2.75, 3.05) is 6.26 Å². The number of aliphatic carboxylic acids is 1. The lowest BCUT2D eigenvalue weighted by Crippen LogP contribution is -2.17. The molecule has 4 rings (SSSR count). The summed E-state index contributed by atoms with van der Waals surface area (Å²) in [6.07, 6.45) is 4.28. The minimum Gasteiger partial charge on any atom is -0.481 e. The maximum atomic E-state index is 14.8. The molecule has 1 atom stereocenters. The normalized spacial score (nSPS) is 16.3. The first-order valence-electron chi connectivity index (χ1n) is 9.32. The molecule has 0 amide bonds. The van der Waals surface area contributed by atoms with Crippen molar-refractivity contribution in [2.45, 2.75) is 43.0 Å². The minimum absolute atomic E-state index is 0.00116. The summed E-state index contributed by atoms with van der Waals surface area (Å²) >= 11 is 1.65. The molecule has 28 heavy (non-hydrogen) atoms. The number of benzene rings is 2. The fourth-order valence-electron chi connectivity index (χ4n) is 4.37. The number of thioether (sulfide) groups is 1. The average molecular weight is 401 g/mol. The first-order chi connectivity index (χ1) is 13.5. The number of fused-ring (bicyclic) bond motifs is 3. The van der Waals surface area contributed by atoms with Crippen LogP contribution in [0.2, 0.25) is 0 Å². The van der Waals surface area contributed by atoms with Gasteiger partial charge in [-0.25, -0.2) is 8.78 Å². The fraction of sp³-hybridized carbons (Fsp3) is 0.318. The Morgan fingerprint density at radius 1 is 1.25 bits per heavy atom. The van der Waals surface area contributed by atoms with Gasteiger partial charge in [0.2, 0.25) is 0 Å². The molecule has 0 saturated heterocycles. The number of carboxylic acid groups (broad SMARTS) is 1. The molecule has 1 aliphatic carbocycles. The van der Waals surface area contributed by atoms with Crippen LogP contribution < -0.4 is 0 Å². The maximum absolute atomic E-state index is 14.8. The topological polar surface area (TPSA) is 42.2 Å². The molecule has 3 aromatic rings. The van der Waals surface area contributed by atoms with Gasteiger partial charge < -0.3 is 9.67 Å². The van der Waals surface area contributed by atoms with Crippen molar-refractivity contribution < 1.29 is 18.7 Å². The number of hydrogen-bond acceptors (Lipinski definition) is 2. The van der Waals surface area contributed by atoms with E-state index in [1.54, 1.807) is 11.8 Å². The van der Waals surface area contributed by atoms with Crippen LogP contribution in [0.4, 0.5) is 8.78 Å². The summed E-state index contributed by atoms with van der Waals surface area (Å²) in [5, 5.41) is 9.93. The van der Waals surface area contributed by atoms with E-state index < -0.39 is 17.6 Å². The van der Waals surface area contributed by atoms with Gasteiger partial charge in [0.15, 0.2) is 0 Å². The molecule has 1 aliphatic rings. The first-order valence-corrected chi connectivity index (χ1v) is 10.5. The predicted molar refractivity (Wildman–Crippen MR) is 107 cm³/mol. The highest BCUT2D eigenvalue weighted by Gasteiger charge is 2.30. The van der Waals surface area contributed by atoms with Crippen molar-refractivity contribution in [1.82, 2.24) is 4.57 Å². The lowest BCUT2D eigenvalue weighted by atomic mass is 9.84. The molecule has 0 fully saturated rings. The van der Waals surface area contributed by atoms with Crippen molar-refractivity contribution in [3.63, 3.8) is 0 Å². The van der Waals surface area contributed by atoms with E-state index in [2.05, 4.69) is 0 Å². The van der Waals surface area contributed by atoms with Crippen LogP contribution in [0.25, 0.3) is 10.9 Å². The van der Waals surface area contributed by atoms with Crippen LogP contribution in [0.15, 0.2) is 41.3 Å². The van der Waals surface area contributed by atoms with Gasteiger partial charge in [-0.05, 0) is 54.8 Å². The summed E-state index contributed by atoms with van der Waals surface area (Å²) in [5.41, 5.74) is 3.12. The summed E-state index contributed by atoms with van der Waals surface area (Å²) in [6.45, 7) is 0.430. The standard InChI is InChI=1S/C22H21F2NO2S/c1-28-16-7-5-13(6-8-16)12-25-21-14(9-20(26)27)3-2-4-17(21)18-10-15(23)11-19(24)22(18)25/h5-8,10-11,14H,2-4,9,12H2,1H3,(H,26,27). The lowest BCUT2D eigenvalue weighted by molar-refractivity contribution is -0.137. The van der Waals surface area contributed by atoms with E-state index in [0.29, 0.717) is 23.9 Å². The van der Waals surface area contributed by atoms with E-state index in [0.717, 1.165) is 40.6 Å². The Bertz CT molecular complexity index is 1040. The van der Waals surface area contributed by atoms with Crippen molar-refractivity contribution >= 4 is 28.6 Å². The molecule has 0 spiro atoms. The molecule has 1 unspecified atom stereocenters. The van der Waals surface area contributed by atoms with Gasteiger partial charge in [0.05, 0.1) is 11.9 Å². The molecule has 2 aromatic carbocycles. The summed E-state index contributed by atoms with van der Waals surface area (Å²) < 4.78 is 30.6. The second-order valence-corrected chi connectivity index (χ2v) is 8.15. The predicted octanol–water partition coefficient (Wildman–Crippen LogP) is 5.58. The van der Waals surface area contributed by atoms with Gasteiger partial charge >= 0.3 is 5.97 Å². The Labute approximate surface area is 166 Å². The summed E-state index contributed by atoms with van der Waals surface area (Å²) in [6, 6.07) is 10.3. The zero-order valence-electron chi connectivity index (χ0n) is 15.5. The largest absolute Gasteiger partial charge is 0.481 e. The molecule has 0 radical (unpaired) electrons. The fourth-order valence-corrected chi connectivity index (χ4v) is 4.78. The monoisotopic (exact) mass is 401 g/mol. The first kappa shape index (κ1) is 19.0. The molecule has 0 saturated carbocycles. The van der Waals surface area contributed by atoms with Crippen LogP contribution >= 0.6 is 11.8 Å². The van der Waals surface area contributed by atoms with Crippen LogP contribution in [0.3, 0.4) is 0 Å². The van der Waals surface area contributed by atoms with Gasteiger partial charge in [0.25, 0.3) is 0 Å². The molecule has 3 nitrogen and oxygen atoms in total. The van der Waals surface area contributed by atoms with E-state index in [4.69, 9.17) is 0 Å². The second-order valence-electron chi connectivity index (χ2n) is 7.27. The lowest BCUT2D eigenvalue weighted by Gasteiger charge is -2.24. The third-order valence-electron chi connectivity index (χ3n) is 5.51. The molecule has 1 N–H and O–H groups in total. The Hall–Kier alpha value is -2.34. The van der Waals surface area contributed by atoms with Crippen molar-refractivity contribution in [1.29, 1.82) is 0 Å². The number of carbonyl (C=O) groups is 1. The number of hydrogen-bond donors (Lipinski definition) is 1. The van der Waals surface area contributed by atoms with Crippen molar-refractivity contribution in [2.24, 2.45) is 0 Å². The molecular weight excluding hydrogens is 380 g/mol. The Kier molecular flexibility index (Phi) is 5.15. The molecular formula is C22H21F2NO2S. The number of carboxylic acids is 1. The Morgan fingerprint density at radius 2 is 2.00 bits per heavy atom. The number of nitrogens with zero attached hydrogens (tertiary/aromatic N) is 1. The third kappa shape index (κ3) is 3.41. The van der Waals surface area contributed by atoms with E-state index in [1.165, 1.54) is 6.07 Å². The smallest absolute Gasteiger partial charge is 0.304 e. The van der Waals surface area contributed by atoms with Gasteiger partial charge in [-0.2, -0.15) is 0 Å². The average Bonchev–Trinajstić information content (AvgIpc) is 2.97. The third-order valence-corrected chi connectivity index (χ3v) is 6.25. The van der Waals surface area contributed by atoms with Gasteiger partial charge in [0.1, 0.15) is 11.6 Å². The zero-order valence-corrected chi connectivity index (χ0v) is 16.4. The minimum atomic E-state index is -0.870. The number of rotatable bonds is 5. The van der Waals surface area contributed by atoms with E-state index in [9.17, 15) is 18.7 Å². The van der Waals surface area contributed by atoms with Crippen LogP contribution in [0.1, 0.15) is 42.0 Å². The second kappa shape index (κ2) is 7.59. The number of halogens is 2. The number of aromatic nitrogens is 1. The zero-order chi connectivity index (χ0) is 19.8. The summed E-state index contributed by atoms with van der Waals surface area (Å²) in [7, 11) is 0. The molecule has 6 heteroatoms. The van der Waals surface area contributed by atoms with Gasteiger partial charge in [-0.1, -0.05) is 12.1 Å². The maximum Gasteiger partial charge on any atom is 0.304 e. The van der Waals surface area contributed by atoms with Crippen molar-refractivity contribution in [3.05, 3.63) is 64.9 Å². The highest BCUT2D eigenvalue weighted by atomic mass is 32.2. The van der Waals surface area contributed by atoms with E-state index in [1.807, 2.05) is 35.1 Å². The molecule has 1 aromatic heterocycles. The molecule has 1 heterocycles. The molecule has 0 aliphatic heterocycles. The number of aryl methyl sites for hydroxylation is 1. The van der Waals surface area contributed by atoms with Gasteiger partial charge in [-0.3, -0.25) is 4.79 Å². The summed E-state index contributed by atoms with van der Waals surface area (Å²) in [4.78, 5) is 12.5. The van der Waals surface area contributed by atoms with Crippen LogP contribution in [-0.2, 0) is 17.8 Å². The Balaban J connectivity index is 1.90. The van der Waals surface area contributed by atoms with Gasteiger partial charge in [0, 0.05) is 34.5 Å².